The Morgan fingerprint density at radius 2 is 1.42 bits per heavy atom. The fourth-order valence-corrected chi connectivity index (χ4v) is 5.65. The summed E-state index contributed by atoms with van der Waals surface area (Å²) in [6.07, 6.45) is 11.3. The van der Waals surface area contributed by atoms with Crippen molar-refractivity contribution in [3.05, 3.63) is 113 Å². The number of allylic oxidation sites excluding steroid dienone is 1. The van der Waals surface area contributed by atoms with E-state index in [1.807, 2.05) is 0 Å². The van der Waals surface area contributed by atoms with Crippen LogP contribution in [0.25, 0.3) is 5.57 Å². The monoisotopic (exact) mass is 509 g/mol. The third-order valence-electron chi connectivity index (χ3n) is 8.12. The Morgan fingerprint density at radius 3 is 2.08 bits per heavy atom. The van der Waals surface area contributed by atoms with E-state index in [2.05, 4.69) is 124 Å². The standard InChI is InChI=1S/C37H51N/c1-6-26-38(28-25-33(8-3)34-23-21-30(4)22-24-34)27-15-14-17-32(7-2)29-37(35-18-10-9-11-19-35)36-20-13-12-16-31(36)5/h9-13,16,18-24,29,32-33H,6-8,14-15,17,25-28H2,1-5H3. The summed E-state index contributed by atoms with van der Waals surface area (Å²) in [6, 6.07) is 29.0. The van der Waals surface area contributed by atoms with Crippen LogP contribution in [0, 0.1) is 19.8 Å². The van der Waals surface area contributed by atoms with Crippen molar-refractivity contribution in [2.24, 2.45) is 5.92 Å². The molecule has 0 radical (unpaired) electrons. The van der Waals surface area contributed by atoms with E-state index in [1.165, 1.54) is 98.0 Å². The highest BCUT2D eigenvalue weighted by Crippen LogP contribution is 2.30. The van der Waals surface area contributed by atoms with E-state index in [9.17, 15) is 0 Å². The molecular formula is C37H51N. The Hall–Kier alpha value is -2.64. The maximum Gasteiger partial charge on any atom is -0.00129 e. The highest BCUT2D eigenvalue weighted by atomic mass is 15.1. The molecule has 0 N–H and O–H groups in total. The summed E-state index contributed by atoms with van der Waals surface area (Å²) in [5.41, 5.74) is 8.30. The minimum Gasteiger partial charge on any atom is -0.303 e. The molecule has 0 bridgehead atoms. The van der Waals surface area contributed by atoms with Gasteiger partial charge in [-0.1, -0.05) is 118 Å². The van der Waals surface area contributed by atoms with Crippen LogP contribution in [0.3, 0.4) is 0 Å². The van der Waals surface area contributed by atoms with Gasteiger partial charge < -0.3 is 4.90 Å². The Balaban J connectivity index is 1.58. The van der Waals surface area contributed by atoms with Crippen LogP contribution in [0.15, 0.2) is 84.9 Å². The van der Waals surface area contributed by atoms with Crippen molar-refractivity contribution in [3.63, 3.8) is 0 Å². The first kappa shape index (κ1) is 29.9. The van der Waals surface area contributed by atoms with Gasteiger partial charge in [0.15, 0.2) is 0 Å². The number of hydrogen-bond donors (Lipinski definition) is 0. The minimum absolute atomic E-state index is 0.607. The van der Waals surface area contributed by atoms with Crippen LogP contribution in [-0.2, 0) is 0 Å². The summed E-state index contributed by atoms with van der Waals surface area (Å²) >= 11 is 0. The molecule has 2 atom stereocenters. The van der Waals surface area contributed by atoms with E-state index in [0.29, 0.717) is 11.8 Å². The van der Waals surface area contributed by atoms with Gasteiger partial charge in [-0.25, -0.2) is 0 Å². The molecule has 3 aromatic rings. The fourth-order valence-electron chi connectivity index (χ4n) is 5.65. The number of unbranched alkanes of at least 4 members (excludes halogenated alkanes) is 1. The second-order valence-electron chi connectivity index (χ2n) is 11.1. The van der Waals surface area contributed by atoms with Crippen molar-refractivity contribution in [3.8, 4) is 0 Å². The molecule has 0 heterocycles. The molecular weight excluding hydrogens is 458 g/mol. The van der Waals surface area contributed by atoms with Gasteiger partial charge in [0.25, 0.3) is 0 Å². The van der Waals surface area contributed by atoms with Crippen molar-refractivity contribution in [1.29, 1.82) is 0 Å². The van der Waals surface area contributed by atoms with Crippen LogP contribution in [0.1, 0.15) is 99.5 Å². The molecule has 0 aliphatic heterocycles. The zero-order valence-corrected chi connectivity index (χ0v) is 24.8. The van der Waals surface area contributed by atoms with Gasteiger partial charge in [-0.05, 0) is 112 Å². The van der Waals surface area contributed by atoms with Gasteiger partial charge in [0, 0.05) is 0 Å². The number of aryl methyl sites for hydroxylation is 2. The summed E-state index contributed by atoms with van der Waals surface area (Å²) in [5, 5.41) is 0. The first-order valence-corrected chi connectivity index (χ1v) is 15.2. The Morgan fingerprint density at radius 1 is 0.711 bits per heavy atom. The lowest BCUT2D eigenvalue weighted by atomic mass is 9.88. The normalized spacial score (nSPS) is 13.6. The third kappa shape index (κ3) is 9.28. The number of nitrogens with zero attached hydrogens (tertiary/aromatic N) is 1. The van der Waals surface area contributed by atoms with E-state index < -0.39 is 0 Å². The second kappa shape index (κ2) is 16.4. The molecule has 1 nitrogen and oxygen atoms in total. The highest BCUT2D eigenvalue weighted by molar-refractivity contribution is 5.81. The number of hydrogen-bond acceptors (Lipinski definition) is 1. The lowest BCUT2D eigenvalue weighted by molar-refractivity contribution is 0.254. The van der Waals surface area contributed by atoms with Crippen molar-refractivity contribution >= 4 is 5.57 Å². The molecule has 38 heavy (non-hydrogen) atoms. The molecule has 0 aliphatic carbocycles. The maximum atomic E-state index is 2.72. The molecule has 204 valence electrons. The lowest BCUT2D eigenvalue weighted by Gasteiger charge is -2.25. The molecule has 2 unspecified atom stereocenters. The van der Waals surface area contributed by atoms with E-state index >= 15 is 0 Å². The second-order valence-corrected chi connectivity index (χ2v) is 11.1. The van der Waals surface area contributed by atoms with Gasteiger partial charge in [0.05, 0.1) is 0 Å². The van der Waals surface area contributed by atoms with E-state index in [1.54, 1.807) is 0 Å². The van der Waals surface area contributed by atoms with Gasteiger partial charge in [0.2, 0.25) is 0 Å². The lowest BCUT2D eigenvalue weighted by Crippen LogP contribution is -2.28. The predicted octanol–water partition coefficient (Wildman–Crippen LogP) is 10.2. The number of rotatable bonds is 16. The van der Waals surface area contributed by atoms with E-state index in [4.69, 9.17) is 0 Å². The van der Waals surface area contributed by atoms with Crippen molar-refractivity contribution in [2.75, 3.05) is 19.6 Å². The van der Waals surface area contributed by atoms with Crippen molar-refractivity contribution in [2.45, 2.75) is 85.5 Å². The van der Waals surface area contributed by atoms with Gasteiger partial charge in [-0.2, -0.15) is 0 Å². The van der Waals surface area contributed by atoms with Crippen LogP contribution < -0.4 is 0 Å². The predicted molar refractivity (Wildman–Crippen MR) is 168 cm³/mol. The summed E-state index contributed by atoms with van der Waals surface area (Å²) < 4.78 is 0. The summed E-state index contributed by atoms with van der Waals surface area (Å²) in [7, 11) is 0. The Kier molecular flexibility index (Phi) is 12.9. The zero-order valence-electron chi connectivity index (χ0n) is 24.8. The zero-order chi connectivity index (χ0) is 27.2. The van der Waals surface area contributed by atoms with Crippen LogP contribution in [-0.4, -0.2) is 24.5 Å². The minimum atomic E-state index is 0.607. The average molecular weight is 510 g/mol. The molecule has 0 spiro atoms. The summed E-state index contributed by atoms with van der Waals surface area (Å²) in [4.78, 5) is 2.72. The van der Waals surface area contributed by atoms with Crippen LogP contribution >= 0.6 is 0 Å². The third-order valence-corrected chi connectivity index (χ3v) is 8.12. The molecule has 1 heteroatoms. The molecule has 0 saturated carbocycles. The van der Waals surface area contributed by atoms with Gasteiger partial charge >= 0.3 is 0 Å². The van der Waals surface area contributed by atoms with Gasteiger partial charge in [0.1, 0.15) is 0 Å². The number of benzene rings is 3. The molecule has 0 aromatic heterocycles. The van der Waals surface area contributed by atoms with Gasteiger partial charge in [-0.15, -0.1) is 0 Å². The van der Waals surface area contributed by atoms with Crippen molar-refractivity contribution in [1.82, 2.24) is 4.90 Å². The molecule has 3 aromatic carbocycles. The maximum absolute atomic E-state index is 2.72. The van der Waals surface area contributed by atoms with Crippen LogP contribution in [0.5, 0.6) is 0 Å². The van der Waals surface area contributed by atoms with E-state index in [-0.39, 0.29) is 0 Å². The summed E-state index contributed by atoms with van der Waals surface area (Å²) in [6.45, 7) is 15.1. The molecule has 0 saturated heterocycles. The van der Waals surface area contributed by atoms with Crippen LogP contribution in [0.4, 0.5) is 0 Å². The van der Waals surface area contributed by atoms with E-state index in [0.717, 1.165) is 0 Å². The Bertz CT molecular complexity index is 1080. The van der Waals surface area contributed by atoms with Crippen LogP contribution in [0.2, 0.25) is 0 Å². The first-order valence-electron chi connectivity index (χ1n) is 15.2. The quantitative estimate of drug-likeness (QED) is 0.174. The SMILES string of the molecule is CCCN(CCCCC(C=C(c1ccccc1)c1ccccc1C)CC)CCC(CC)c1ccc(C)cc1. The molecule has 3 rings (SSSR count). The molecule has 0 amide bonds. The highest BCUT2D eigenvalue weighted by Gasteiger charge is 2.14. The smallest absolute Gasteiger partial charge is 0.00129 e. The van der Waals surface area contributed by atoms with Gasteiger partial charge in [-0.3, -0.25) is 0 Å². The van der Waals surface area contributed by atoms with Crippen molar-refractivity contribution < 1.29 is 0 Å². The largest absolute Gasteiger partial charge is 0.303 e. The topological polar surface area (TPSA) is 3.24 Å². The Labute approximate surface area is 234 Å². The average Bonchev–Trinajstić information content (AvgIpc) is 2.95. The molecule has 0 fully saturated rings. The molecule has 0 aliphatic rings. The summed E-state index contributed by atoms with van der Waals surface area (Å²) in [5.74, 6) is 1.28. The fraction of sp³-hybridized carbons (Fsp3) is 0.459. The first-order chi connectivity index (χ1) is 18.5.